The second-order valence-electron chi connectivity index (χ2n) is 6.52. The molecule has 0 radical (unpaired) electrons. The van der Waals surface area contributed by atoms with Crippen molar-refractivity contribution in [3.8, 4) is 0 Å². The minimum Gasteiger partial charge on any atom is -0.475 e. The number of hydrogen-bond donors (Lipinski definition) is 1. The fraction of sp³-hybridized carbons (Fsp3) is 0.278. The molecule has 2 aromatic rings. The molecular formula is C18H20N2O3S. The molecule has 3 rings (SSSR count). The minimum atomic E-state index is -3.62. The second kappa shape index (κ2) is 5.94. The van der Waals surface area contributed by atoms with Crippen LogP contribution in [0.1, 0.15) is 25.0 Å². The molecule has 0 bridgehead atoms. The Labute approximate surface area is 142 Å². The van der Waals surface area contributed by atoms with Gasteiger partial charge in [0.2, 0.25) is 5.90 Å². The van der Waals surface area contributed by atoms with E-state index in [4.69, 9.17) is 4.74 Å². The molecule has 1 N–H and O–H groups in total. The summed E-state index contributed by atoms with van der Waals surface area (Å²) in [7, 11) is -3.62. The summed E-state index contributed by atoms with van der Waals surface area (Å²) in [5.41, 5.74) is 1.98. The Hall–Kier alpha value is -2.34. The summed E-state index contributed by atoms with van der Waals surface area (Å²) in [5, 5.41) is 0. The Kier molecular flexibility index (Phi) is 4.09. The summed E-state index contributed by atoms with van der Waals surface area (Å²) in [6.45, 7) is 6.41. The van der Waals surface area contributed by atoms with E-state index in [1.807, 2.05) is 26.8 Å². The maximum Gasteiger partial charge on any atom is 0.261 e. The standard InChI is InChI=1S/C18H20N2O3S/c1-13-7-9-16(10-8-13)24(21,22)20-15-6-4-5-14(11-15)17-19-18(2,3)12-23-17/h4-11,20H,12H2,1-3H3. The smallest absolute Gasteiger partial charge is 0.261 e. The van der Waals surface area contributed by atoms with Crippen LogP contribution >= 0.6 is 0 Å². The lowest BCUT2D eigenvalue weighted by atomic mass is 10.1. The lowest BCUT2D eigenvalue weighted by Gasteiger charge is -2.10. The van der Waals surface area contributed by atoms with Crippen LogP contribution in [0.2, 0.25) is 0 Å². The average Bonchev–Trinajstić information content (AvgIpc) is 2.88. The predicted octanol–water partition coefficient (Wildman–Crippen LogP) is 3.35. The number of anilines is 1. The van der Waals surface area contributed by atoms with Crippen molar-refractivity contribution >= 4 is 21.6 Å². The largest absolute Gasteiger partial charge is 0.475 e. The molecule has 2 aromatic carbocycles. The number of nitrogens with one attached hydrogen (secondary N) is 1. The molecule has 0 fully saturated rings. The molecule has 24 heavy (non-hydrogen) atoms. The molecule has 5 nitrogen and oxygen atoms in total. The molecule has 0 atom stereocenters. The van der Waals surface area contributed by atoms with E-state index in [1.54, 1.807) is 42.5 Å². The molecule has 1 aliphatic rings. The first-order valence-electron chi connectivity index (χ1n) is 7.68. The minimum absolute atomic E-state index is 0.231. The van der Waals surface area contributed by atoms with Crippen molar-refractivity contribution < 1.29 is 13.2 Å². The Bertz CT molecular complexity index is 885. The molecule has 0 aromatic heterocycles. The van der Waals surface area contributed by atoms with Crippen molar-refractivity contribution in [3.63, 3.8) is 0 Å². The van der Waals surface area contributed by atoms with Crippen LogP contribution in [0.5, 0.6) is 0 Å². The van der Waals surface area contributed by atoms with E-state index in [2.05, 4.69) is 9.71 Å². The topological polar surface area (TPSA) is 67.8 Å². The van der Waals surface area contributed by atoms with E-state index in [9.17, 15) is 8.42 Å². The van der Waals surface area contributed by atoms with Crippen LogP contribution in [-0.2, 0) is 14.8 Å². The molecule has 1 heterocycles. The van der Waals surface area contributed by atoms with Gasteiger partial charge >= 0.3 is 0 Å². The van der Waals surface area contributed by atoms with Gasteiger partial charge in [-0.2, -0.15) is 0 Å². The van der Waals surface area contributed by atoms with Gasteiger partial charge in [-0.15, -0.1) is 0 Å². The summed E-state index contributed by atoms with van der Waals surface area (Å²) in [6, 6.07) is 13.8. The first kappa shape index (κ1) is 16.5. The van der Waals surface area contributed by atoms with Gasteiger partial charge in [-0.25, -0.2) is 13.4 Å². The molecular weight excluding hydrogens is 324 g/mol. The van der Waals surface area contributed by atoms with Gasteiger partial charge in [0.05, 0.1) is 10.4 Å². The molecule has 1 aliphatic heterocycles. The van der Waals surface area contributed by atoms with E-state index in [-0.39, 0.29) is 10.4 Å². The van der Waals surface area contributed by atoms with Crippen LogP contribution in [0.15, 0.2) is 58.4 Å². The van der Waals surface area contributed by atoms with Gasteiger partial charge in [0.25, 0.3) is 10.0 Å². The number of benzene rings is 2. The number of aryl methyl sites for hydroxylation is 1. The molecule has 0 amide bonds. The van der Waals surface area contributed by atoms with Crippen molar-refractivity contribution in [3.05, 3.63) is 59.7 Å². The second-order valence-corrected chi connectivity index (χ2v) is 8.20. The number of sulfonamides is 1. The van der Waals surface area contributed by atoms with Crippen LogP contribution in [-0.4, -0.2) is 26.5 Å². The maximum atomic E-state index is 12.5. The van der Waals surface area contributed by atoms with Crippen molar-refractivity contribution in [2.45, 2.75) is 31.2 Å². The summed E-state index contributed by atoms with van der Waals surface area (Å²) in [5.74, 6) is 0.538. The number of ether oxygens (including phenoxy) is 1. The average molecular weight is 344 g/mol. The molecule has 0 aliphatic carbocycles. The zero-order chi connectivity index (χ0) is 17.4. The highest BCUT2D eigenvalue weighted by atomic mass is 32.2. The lowest BCUT2D eigenvalue weighted by molar-refractivity contribution is 0.279. The van der Waals surface area contributed by atoms with Crippen LogP contribution in [0.3, 0.4) is 0 Å². The van der Waals surface area contributed by atoms with Crippen molar-refractivity contribution in [1.82, 2.24) is 0 Å². The third-order valence-electron chi connectivity index (χ3n) is 3.66. The Morgan fingerprint density at radius 2 is 1.83 bits per heavy atom. The van der Waals surface area contributed by atoms with Crippen LogP contribution in [0.4, 0.5) is 5.69 Å². The van der Waals surface area contributed by atoms with E-state index < -0.39 is 10.0 Å². The highest BCUT2D eigenvalue weighted by Gasteiger charge is 2.27. The van der Waals surface area contributed by atoms with E-state index in [0.29, 0.717) is 18.2 Å². The van der Waals surface area contributed by atoms with Crippen molar-refractivity contribution in [1.29, 1.82) is 0 Å². The maximum absolute atomic E-state index is 12.5. The molecule has 6 heteroatoms. The Balaban J connectivity index is 1.86. The Morgan fingerprint density at radius 1 is 1.12 bits per heavy atom. The van der Waals surface area contributed by atoms with Crippen LogP contribution < -0.4 is 4.72 Å². The van der Waals surface area contributed by atoms with Crippen molar-refractivity contribution in [2.24, 2.45) is 4.99 Å². The van der Waals surface area contributed by atoms with Crippen molar-refractivity contribution in [2.75, 3.05) is 11.3 Å². The van der Waals surface area contributed by atoms with Gasteiger partial charge in [-0.3, -0.25) is 4.72 Å². The number of hydrogen-bond acceptors (Lipinski definition) is 4. The van der Waals surface area contributed by atoms with E-state index in [0.717, 1.165) is 11.1 Å². The van der Waals surface area contributed by atoms with Gasteiger partial charge in [0.15, 0.2) is 0 Å². The van der Waals surface area contributed by atoms with Crippen LogP contribution in [0.25, 0.3) is 0 Å². The fourth-order valence-electron chi connectivity index (χ4n) is 2.38. The third-order valence-corrected chi connectivity index (χ3v) is 5.06. The number of rotatable bonds is 4. The highest BCUT2D eigenvalue weighted by Crippen LogP contribution is 2.23. The monoisotopic (exact) mass is 344 g/mol. The third kappa shape index (κ3) is 3.59. The van der Waals surface area contributed by atoms with Gasteiger partial charge in [-0.1, -0.05) is 23.8 Å². The molecule has 0 spiro atoms. The Morgan fingerprint density at radius 3 is 2.46 bits per heavy atom. The SMILES string of the molecule is Cc1ccc(S(=O)(=O)Nc2cccc(C3=NC(C)(C)CO3)c2)cc1. The summed E-state index contributed by atoms with van der Waals surface area (Å²) in [4.78, 5) is 4.74. The molecule has 126 valence electrons. The summed E-state index contributed by atoms with van der Waals surface area (Å²) >= 11 is 0. The van der Waals surface area contributed by atoms with Gasteiger partial charge < -0.3 is 4.74 Å². The fourth-order valence-corrected chi connectivity index (χ4v) is 3.43. The zero-order valence-electron chi connectivity index (χ0n) is 13.9. The van der Waals surface area contributed by atoms with Crippen LogP contribution in [0, 0.1) is 6.92 Å². The zero-order valence-corrected chi connectivity index (χ0v) is 14.7. The molecule has 0 saturated carbocycles. The highest BCUT2D eigenvalue weighted by molar-refractivity contribution is 7.92. The molecule has 0 unspecified atom stereocenters. The molecule has 0 saturated heterocycles. The normalized spacial score (nSPS) is 16.4. The first-order chi connectivity index (χ1) is 11.3. The lowest BCUT2D eigenvalue weighted by Crippen LogP contribution is -2.17. The van der Waals surface area contributed by atoms with E-state index >= 15 is 0 Å². The number of nitrogens with zero attached hydrogens (tertiary/aromatic N) is 1. The van der Waals surface area contributed by atoms with Gasteiger partial charge in [0.1, 0.15) is 6.61 Å². The van der Waals surface area contributed by atoms with Gasteiger partial charge in [0, 0.05) is 11.3 Å². The van der Waals surface area contributed by atoms with E-state index in [1.165, 1.54) is 0 Å². The number of aliphatic imine (C=N–C) groups is 1. The first-order valence-corrected chi connectivity index (χ1v) is 9.16. The predicted molar refractivity (Wildman–Crippen MR) is 95.0 cm³/mol. The quantitative estimate of drug-likeness (QED) is 0.925. The summed E-state index contributed by atoms with van der Waals surface area (Å²) < 4.78 is 33.2. The van der Waals surface area contributed by atoms with Gasteiger partial charge in [-0.05, 0) is 51.1 Å². The summed E-state index contributed by atoms with van der Waals surface area (Å²) in [6.07, 6.45) is 0.